The molecule has 1 aliphatic heterocycles. The van der Waals surface area contributed by atoms with Gasteiger partial charge < -0.3 is 20.0 Å². The molecule has 0 saturated carbocycles. The minimum atomic E-state index is -0.119. The van der Waals surface area contributed by atoms with Gasteiger partial charge >= 0.3 is 6.03 Å². The van der Waals surface area contributed by atoms with Gasteiger partial charge in [0.25, 0.3) is 0 Å². The highest BCUT2D eigenvalue weighted by Gasteiger charge is 2.21. The molecule has 2 aromatic carbocycles. The van der Waals surface area contributed by atoms with Crippen LogP contribution in [-0.4, -0.2) is 51.2 Å². The third-order valence-electron chi connectivity index (χ3n) is 4.47. The van der Waals surface area contributed by atoms with Crippen molar-refractivity contribution in [1.29, 1.82) is 0 Å². The van der Waals surface area contributed by atoms with Crippen LogP contribution in [0.25, 0.3) is 0 Å². The van der Waals surface area contributed by atoms with Crippen molar-refractivity contribution in [3.05, 3.63) is 52.5 Å². The van der Waals surface area contributed by atoms with Crippen molar-refractivity contribution >= 4 is 46.3 Å². The number of nitrogens with zero attached hydrogens (tertiary/aromatic N) is 3. The Morgan fingerprint density at radius 2 is 1.62 bits per heavy atom. The third kappa shape index (κ3) is 4.34. The van der Waals surface area contributed by atoms with Crippen molar-refractivity contribution in [3.63, 3.8) is 0 Å². The molecule has 138 valence electrons. The maximum absolute atomic E-state index is 12.4. The number of nitrogens with one attached hydrogen (secondary N) is 1. The monoisotopic (exact) mass is 392 g/mol. The molecule has 1 N–H and O–H groups in total. The molecule has 0 bridgehead atoms. The molecule has 1 fully saturated rings. The van der Waals surface area contributed by atoms with Crippen LogP contribution in [0.5, 0.6) is 0 Å². The zero-order valence-corrected chi connectivity index (χ0v) is 16.4. The molecule has 5 nitrogen and oxygen atoms in total. The van der Waals surface area contributed by atoms with E-state index in [0.29, 0.717) is 28.8 Å². The number of carbonyl (C=O) groups is 1. The molecule has 7 heteroatoms. The molecular weight excluding hydrogens is 371 g/mol. The number of hydrogen-bond donors (Lipinski definition) is 1. The molecule has 0 spiro atoms. The first-order chi connectivity index (χ1) is 12.4. The standard InChI is InChI=1S/C19H22Cl2N4O/c1-23(2)15-4-6-16(7-5-15)24-9-11-25(12-10-24)19(26)22-14-3-8-17(20)18(21)13-14/h3-8,13H,9-12H2,1-2H3,(H,22,26). The van der Waals surface area contributed by atoms with Gasteiger partial charge in [0.15, 0.2) is 0 Å². The molecule has 1 heterocycles. The quantitative estimate of drug-likeness (QED) is 0.840. The SMILES string of the molecule is CN(C)c1ccc(N2CCN(C(=O)Nc3ccc(Cl)c(Cl)c3)CC2)cc1. The van der Waals surface area contributed by atoms with Crippen molar-refractivity contribution in [1.82, 2.24) is 4.90 Å². The highest BCUT2D eigenvalue weighted by Crippen LogP contribution is 2.25. The Bertz CT molecular complexity index is 772. The summed E-state index contributed by atoms with van der Waals surface area (Å²) in [5, 5.41) is 3.77. The Labute approximate surface area is 164 Å². The molecule has 0 atom stereocenters. The normalized spacial score (nSPS) is 14.3. The molecule has 1 aliphatic rings. The van der Waals surface area contributed by atoms with Crippen LogP contribution in [0, 0.1) is 0 Å². The first kappa shape index (κ1) is 18.7. The Hall–Kier alpha value is -2.11. The maximum atomic E-state index is 12.4. The number of rotatable bonds is 3. The summed E-state index contributed by atoms with van der Waals surface area (Å²) in [7, 11) is 4.06. The smallest absolute Gasteiger partial charge is 0.321 e. The molecule has 1 saturated heterocycles. The summed E-state index contributed by atoms with van der Waals surface area (Å²) < 4.78 is 0. The predicted molar refractivity (Wildman–Crippen MR) is 110 cm³/mol. The lowest BCUT2D eigenvalue weighted by atomic mass is 10.2. The van der Waals surface area contributed by atoms with Gasteiger partial charge in [0.2, 0.25) is 0 Å². The van der Waals surface area contributed by atoms with Gasteiger partial charge in [0.1, 0.15) is 0 Å². The number of amides is 2. The number of halogens is 2. The fraction of sp³-hybridized carbons (Fsp3) is 0.316. The molecule has 0 unspecified atom stereocenters. The van der Waals surface area contributed by atoms with Crippen LogP contribution >= 0.6 is 23.2 Å². The Kier molecular flexibility index (Phi) is 5.79. The lowest BCUT2D eigenvalue weighted by Gasteiger charge is -2.36. The molecular formula is C19H22Cl2N4O. The van der Waals surface area contributed by atoms with Gasteiger partial charge in [-0.15, -0.1) is 0 Å². The van der Waals surface area contributed by atoms with Gasteiger partial charge in [0, 0.05) is 57.3 Å². The van der Waals surface area contributed by atoms with Crippen LogP contribution < -0.4 is 15.1 Å². The Morgan fingerprint density at radius 1 is 0.962 bits per heavy atom. The number of carbonyl (C=O) groups excluding carboxylic acids is 1. The Morgan fingerprint density at radius 3 is 2.19 bits per heavy atom. The van der Waals surface area contributed by atoms with Crippen molar-refractivity contribution in [2.45, 2.75) is 0 Å². The first-order valence-electron chi connectivity index (χ1n) is 8.47. The van der Waals surface area contributed by atoms with E-state index < -0.39 is 0 Å². The van der Waals surface area contributed by atoms with E-state index in [-0.39, 0.29) is 6.03 Å². The topological polar surface area (TPSA) is 38.8 Å². The fourth-order valence-corrected chi connectivity index (χ4v) is 3.20. The van der Waals surface area contributed by atoms with Crippen LogP contribution in [0.3, 0.4) is 0 Å². The van der Waals surface area contributed by atoms with E-state index >= 15 is 0 Å². The lowest BCUT2D eigenvalue weighted by Crippen LogP contribution is -2.50. The summed E-state index contributed by atoms with van der Waals surface area (Å²) in [6, 6.07) is 13.4. The summed E-state index contributed by atoms with van der Waals surface area (Å²) >= 11 is 11.9. The second-order valence-corrected chi connectivity index (χ2v) is 7.26. The van der Waals surface area contributed by atoms with Crippen LogP contribution in [-0.2, 0) is 0 Å². The molecule has 0 aliphatic carbocycles. The molecule has 0 aromatic heterocycles. The van der Waals surface area contributed by atoms with E-state index in [4.69, 9.17) is 23.2 Å². The molecule has 3 rings (SSSR count). The molecule has 0 radical (unpaired) electrons. The van der Waals surface area contributed by atoms with E-state index in [1.807, 2.05) is 19.0 Å². The van der Waals surface area contributed by atoms with E-state index in [9.17, 15) is 4.79 Å². The van der Waals surface area contributed by atoms with Gasteiger partial charge in [-0.05, 0) is 42.5 Å². The van der Waals surface area contributed by atoms with E-state index in [1.165, 1.54) is 11.4 Å². The predicted octanol–water partition coefficient (Wildman–Crippen LogP) is 4.41. The number of urea groups is 1. The average molecular weight is 393 g/mol. The van der Waals surface area contributed by atoms with Gasteiger partial charge in [-0.2, -0.15) is 0 Å². The summed E-state index contributed by atoms with van der Waals surface area (Å²) in [5.41, 5.74) is 3.00. The minimum Gasteiger partial charge on any atom is -0.378 e. The molecule has 2 amide bonds. The number of benzene rings is 2. The number of hydrogen-bond acceptors (Lipinski definition) is 3. The highest BCUT2D eigenvalue weighted by atomic mass is 35.5. The minimum absolute atomic E-state index is 0.119. The van der Waals surface area contributed by atoms with E-state index in [0.717, 1.165) is 13.1 Å². The first-order valence-corrected chi connectivity index (χ1v) is 9.23. The largest absolute Gasteiger partial charge is 0.378 e. The van der Waals surface area contributed by atoms with Crippen molar-refractivity contribution < 1.29 is 4.79 Å². The van der Waals surface area contributed by atoms with Crippen LogP contribution in [0.2, 0.25) is 10.0 Å². The van der Waals surface area contributed by atoms with Gasteiger partial charge in [-0.3, -0.25) is 0 Å². The number of piperazine rings is 1. The van der Waals surface area contributed by atoms with Crippen LogP contribution in [0.1, 0.15) is 0 Å². The van der Waals surface area contributed by atoms with Crippen molar-refractivity contribution in [2.24, 2.45) is 0 Å². The molecule has 26 heavy (non-hydrogen) atoms. The van der Waals surface area contributed by atoms with Crippen molar-refractivity contribution in [3.8, 4) is 0 Å². The second kappa shape index (κ2) is 8.06. The van der Waals surface area contributed by atoms with Gasteiger partial charge in [-0.1, -0.05) is 23.2 Å². The zero-order valence-electron chi connectivity index (χ0n) is 14.9. The zero-order chi connectivity index (χ0) is 18.7. The van der Waals surface area contributed by atoms with Crippen molar-refractivity contribution in [2.75, 3.05) is 55.4 Å². The average Bonchev–Trinajstić information content (AvgIpc) is 2.65. The summed E-state index contributed by atoms with van der Waals surface area (Å²) in [6.07, 6.45) is 0. The highest BCUT2D eigenvalue weighted by molar-refractivity contribution is 6.42. The summed E-state index contributed by atoms with van der Waals surface area (Å²) in [6.45, 7) is 2.94. The van der Waals surface area contributed by atoms with Crippen LogP contribution in [0.15, 0.2) is 42.5 Å². The third-order valence-corrected chi connectivity index (χ3v) is 5.21. The summed E-state index contributed by atoms with van der Waals surface area (Å²) in [5.74, 6) is 0. The number of anilines is 3. The van der Waals surface area contributed by atoms with E-state index in [2.05, 4.69) is 39.4 Å². The Balaban J connectivity index is 1.55. The maximum Gasteiger partial charge on any atom is 0.321 e. The van der Waals surface area contributed by atoms with E-state index in [1.54, 1.807) is 18.2 Å². The van der Waals surface area contributed by atoms with Crippen LogP contribution in [0.4, 0.5) is 21.9 Å². The molecule has 2 aromatic rings. The fourth-order valence-electron chi connectivity index (χ4n) is 2.91. The lowest BCUT2D eigenvalue weighted by molar-refractivity contribution is 0.208. The van der Waals surface area contributed by atoms with Gasteiger partial charge in [-0.25, -0.2) is 4.79 Å². The second-order valence-electron chi connectivity index (χ2n) is 6.44. The van der Waals surface area contributed by atoms with Gasteiger partial charge in [0.05, 0.1) is 10.0 Å². The summed E-state index contributed by atoms with van der Waals surface area (Å²) in [4.78, 5) is 18.6.